The second kappa shape index (κ2) is 7.43. The summed E-state index contributed by atoms with van der Waals surface area (Å²) in [7, 11) is 0. The van der Waals surface area contributed by atoms with Gasteiger partial charge in [0.2, 0.25) is 0 Å². The van der Waals surface area contributed by atoms with Gasteiger partial charge < -0.3 is 9.67 Å². The van der Waals surface area contributed by atoms with Gasteiger partial charge in [-0.15, -0.1) is 0 Å². The first-order valence-corrected chi connectivity index (χ1v) is 8.40. The Hall–Kier alpha value is -3.60. The van der Waals surface area contributed by atoms with Crippen molar-refractivity contribution in [1.29, 1.82) is 5.26 Å². The molecule has 0 unspecified atom stereocenters. The molecule has 1 N–H and O–H groups in total. The second-order valence-electron chi connectivity index (χ2n) is 6.53. The van der Waals surface area contributed by atoms with Gasteiger partial charge in [0.15, 0.2) is 0 Å². The summed E-state index contributed by atoms with van der Waals surface area (Å²) in [5.74, 6) is -2.09. The van der Waals surface area contributed by atoms with Gasteiger partial charge in [-0.2, -0.15) is 18.4 Å². The number of carbonyl (C=O) groups is 1. The SMILES string of the molecule is Cc1cc(Cn2cc(/C=C(\C#N)C(=O)O)c3c(F)cccc32)cc(C(F)(F)F)c1. The molecule has 0 aliphatic heterocycles. The van der Waals surface area contributed by atoms with Crippen molar-refractivity contribution in [1.82, 2.24) is 4.57 Å². The third-order valence-electron chi connectivity index (χ3n) is 4.35. The summed E-state index contributed by atoms with van der Waals surface area (Å²) >= 11 is 0. The Kier molecular flexibility index (Phi) is 5.16. The molecule has 0 bridgehead atoms. The molecule has 0 fully saturated rings. The van der Waals surface area contributed by atoms with E-state index in [9.17, 15) is 22.4 Å². The number of carboxylic acid groups (broad SMARTS) is 1. The summed E-state index contributed by atoms with van der Waals surface area (Å²) in [4.78, 5) is 11.1. The van der Waals surface area contributed by atoms with Gasteiger partial charge >= 0.3 is 12.1 Å². The zero-order valence-electron chi connectivity index (χ0n) is 15.1. The number of benzene rings is 2. The molecule has 0 amide bonds. The monoisotopic (exact) mass is 402 g/mol. The fraction of sp³-hybridized carbons (Fsp3) is 0.143. The van der Waals surface area contributed by atoms with Gasteiger partial charge in [0, 0.05) is 23.7 Å². The fourth-order valence-corrected chi connectivity index (χ4v) is 3.19. The van der Waals surface area contributed by atoms with Crippen molar-refractivity contribution in [3.63, 3.8) is 0 Å². The number of halogens is 4. The van der Waals surface area contributed by atoms with Crippen LogP contribution in [0.25, 0.3) is 17.0 Å². The van der Waals surface area contributed by atoms with Crippen LogP contribution >= 0.6 is 0 Å². The number of fused-ring (bicyclic) bond motifs is 1. The summed E-state index contributed by atoms with van der Waals surface area (Å²) < 4.78 is 55.3. The van der Waals surface area contributed by atoms with Crippen LogP contribution < -0.4 is 0 Å². The first-order valence-electron chi connectivity index (χ1n) is 8.40. The number of hydrogen-bond donors (Lipinski definition) is 1. The molecule has 1 aromatic heterocycles. The number of hydrogen-bond acceptors (Lipinski definition) is 2. The zero-order chi connectivity index (χ0) is 21.3. The molecule has 29 heavy (non-hydrogen) atoms. The van der Waals surface area contributed by atoms with E-state index < -0.39 is 29.1 Å². The van der Waals surface area contributed by atoms with Crippen molar-refractivity contribution in [2.75, 3.05) is 0 Å². The topological polar surface area (TPSA) is 66.0 Å². The van der Waals surface area contributed by atoms with Crippen molar-refractivity contribution >= 4 is 22.9 Å². The molecule has 3 rings (SSSR count). The fourth-order valence-electron chi connectivity index (χ4n) is 3.19. The summed E-state index contributed by atoms with van der Waals surface area (Å²) in [6.45, 7) is 1.56. The highest BCUT2D eigenvalue weighted by molar-refractivity contribution is 6.00. The Balaban J connectivity index is 2.15. The van der Waals surface area contributed by atoms with Gasteiger partial charge in [0.25, 0.3) is 0 Å². The average molecular weight is 402 g/mol. The molecular weight excluding hydrogens is 388 g/mol. The van der Waals surface area contributed by atoms with E-state index in [2.05, 4.69) is 0 Å². The molecule has 4 nitrogen and oxygen atoms in total. The van der Waals surface area contributed by atoms with E-state index in [0.29, 0.717) is 16.6 Å². The van der Waals surface area contributed by atoms with Crippen molar-refractivity contribution in [2.24, 2.45) is 0 Å². The van der Waals surface area contributed by atoms with Gasteiger partial charge in [-0.1, -0.05) is 17.7 Å². The lowest BCUT2D eigenvalue weighted by Gasteiger charge is -2.12. The molecule has 3 aromatic rings. The van der Waals surface area contributed by atoms with Crippen molar-refractivity contribution < 1.29 is 27.5 Å². The molecule has 0 saturated heterocycles. The van der Waals surface area contributed by atoms with E-state index in [0.717, 1.165) is 18.2 Å². The van der Waals surface area contributed by atoms with Crippen LogP contribution in [0.15, 0.2) is 48.2 Å². The van der Waals surface area contributed by atoms with Crippen molar-refractivity contribution in [3.8, 4) is 6.07 Å². The Bertz CT molecular complexity index is 1180. The van der Waals surface area contributed by atoms with Crippen LogP contribution in [0.5, 0.6) is 0 Å². The molecule has 8 heteroatoms. The van der Waals surface area contributed by atoms with Gasteiger partial charge in [-0.3, -0.25) is 0 Å². The number of aromatic nitrogens is 1. The van der Waals surface area contributed by atoms with Crippen molar-refractivity contribution in [2.45, 2.75) is 19.6 Å². The molecule has 0 aliphatic rings. The van der Waals surface area contributed by atoms with Gasteiger partial charge in [0.1, 0.15) is 17.5 Å². The molecule has 0 atom stereocenters. The third kappa shape index (κ3) is 4.14. The number of alkyl halides is 3. The number of nitrogens with zero attached hydrogens (tertiary/aromatic N) is 2. The molecule has 0 saturated carbocycles. The normalized spacial score (nSPS) is 12.2. The van der Waals surface area contributed by atoms with E-state index in [1.165, 1.54) is 29.0 Å². The summed E-state index contributed by atoms with van der Waals surface area (Å²) in [5, 5.41) is 18.1. The van der Waals surface area contributed by atoms with E-state index in [1.807, 2.05) is 0 Å². The summed E-state index contributed by atoms with van der Waals surface area (Å²) in [6, 6.07) is 9.38. The van der Waals surface area contributed by atoms with Crippen LogP contribution in [0.3, 0.4) is 0 Å². The molecule has 2 aromatic carbocycles. The largest absolute Gasteiger partial charge is 0.477 e. The Morgan fingerprint density at radius 2 is 2.00 bits per heavy atom. The maximum Gasteiger partial charge on any atom is 0.416 e. The van der Waals surface area contributed by atoms with Crippen LogP contribution in [-0.4, -0.2) is 15.6 Å². The maximum atomic E-state index is 14.4. The van der Waals surface area contributed by atoms with Crippen molar-refractivity contribution in [3.05, 3.63) is 76.2 Å². The second-order valence-corrected chi connectivity index (χ2v) is 6.53. The quantitative estimate of drug-likeness (QED) is 0.373. The molecule has 148 valence electrons. The number of aryl methyl sites for hydroxylation is 1. The van der Waals surface area contributed by atoms with Crippen LogP contribution in [0, 0.1) is 24.1 Å². The molecule has 0 radical (unpaired) electrons. The predicted molar refractivity (Wildman–Crippen MR) is 98.4 cm³/mol. The molecule has 0 spiro atoms. The lowest BCUT2D eigenvalue weighted by molar-refractivity contribution is -0.137. The van der Waals surface area contributed by atoms with E-state index in [4.69, 9.17) is 10.4 Å². The Morgan fingerprint density at radius 1 is 1.28 bits per heavy atom. The molecular formula is C21H14F4N2O2. The standard InChI is InChI=1S/C21H14F4N2O2/c1-12-5-13(7-16(6-12)21(23,24)25)10-27-11-15(8-14(9-26)20(28)29)19-17(22)3-2-4-18(19)27/h2-8,11H,10H2,1H3,(H,28,29)/b14-8+. The molecule has 1 heterocycles. The number of aliphatic carboxylic acids is 1. The Morgan fingerprint density at radius 3 is 2.62 bits per heavy atom. The van der Waals surface area contributed by atoms with E-state index in [-0.39, 0.29) is 17.5 Å². The lowest BCUT2D eigenvalue weighted by atomic mass is 10.1. The van der Waals surface area contributed by atoms with Gasteiger partial charge in [-0.25, -0.2) is 9.18 Å². The van der Waals surface area contributed by atoms with Crippen LogP contribution in [-0.2, 0) is 17.5 Å². The predicted octanol–water partition coefficient (Wildman–Crippen LogP) is 5.15. The highest BCUT2D eigenvalue weighted by Gasteiger charge is 2.31. The average Bonchev–Trinajstić information content (AvgIpc) is 2.97. The van der Waals surface area contributed by atoms with Gasteiger partial charge in [-0.05, 0) is 42.8 Å². The Labute approximate surface area is 162 Å². The third-order valence-corrected chi connectivity index (χ3v) is 4.35. The van der Waals surface area contributed by atoms with Gasteiger partial charge in [0.05, 0.1) is 11.1 Å². The molecule has 0 aliphatic carbocycles. The number of carboxylic acids is 1. The van der Waals surface area contributed by atoms with E-state index in [1.54, 1.807) is 19.1 Å². The number of rotatable bonds is 4. The smallest absolute Gasteiger partial charge is 0.416 e. The van der Waals surface area contributed by atoms with Crippen LogP contribution in [0.2, 0.25) is 0 Å². The van der Waals surface area contributed by atoms with Crippen LogP contribution in [0.1, 0.15) is 22.3 Å². The van der Waals surface area contributed by atoms with E-state index >= 15 is 0 Å². The minimum absolute atomic E-state index is 0.00745. The summed E-state index contributed by atoms with van der Waals surface area (Å²) in [6.07, 6.45) is -2.03. The first-order chi connectivity index (χ1) is 13.6. The highest BCUT2D eigenvalue weighted by atomic mass is 19.4. The van der Waals surface area contributed by atoms with Crippen LogP contribution in [0.4, 0.5) is 17.6 Å². The minimum Gasteiger partial charge on any atom is -0.477 e. The highest BCUT2D eigenvalue weighted by Crippen LogP contribution is 2.32. The summed E-state index contributed by atoms with van der Waals surface area (Å²) in [5.41, 5.74) is -0.0622. The minimum atomic E-state index is -4.50. The number of nitriles is 1. The zero-order valence-corrected chi connectivity index (χ0v) is 15.1. The maximum absolute atomic E-state index is 14.4. The first kappa shape index (κ1) is 20.1. The lowest BCUT2D eigenvalue weighted by Crippen LogP contribution is -2.07.